The molecule has 4 rings (SSSR count). The Kier molecular flexibility index (Phi) is 13.6. The van der Waals surface area contributed by atoms with Gasteiger partial charge in [0.05, 0.1) is 36.2 Å². The van der Waals surface area contributed by atoms with E-state index in [9.17, 15) is 18.3 Å². The molecule has 5 atom stereocenters. The number of nitrogens with zero attached hydrogens (tertiary/aromatic N) is 1. The lowest BCUT2D eigenvalue weighted by molar-refractivity contribution is -0.0907. The number of nitrogens with two attached hydrogens (primary N) is 1. The molecule has 0 bridgehead atoms. The number of nitrogen functional groups attached to an aromatic ring is 1. The molecule has 2 aliphatic heterocycles. The molecule has 0 unspecified atom stereocenters. The molecule has 0 saturated carbocycles. The van der Waals surface area contributed by atoms with Crippen molar-refractivity contribution in [3.63, 3.8) is 0 Å². The number of ether oxygens (including phenoxy) is 3. The largest absolute Gasteiger partial charge is 0.443 e. The molecule has 2 fully saturated rings. The number of nitrogens with one attached hydrogen (secondary N) is 1. The van der Waals surface area contributed by atoms with Crippen LogP contribution in [0.5, 0.6) is 0 Å². The number of fused-ring (bicyclic) bond motifs is 1. The van der Waals surface area contributed by atoms with E-state index in [2.05, 4.69) is 5.32 Å². The molecule has 2 aromatic carbocycles. The highest BCUT2D eigenvalue weighted by Gasteiger charge is 2.44. The number of anilines is 1. The van der Waals surface area contributed by atoms with E-state index >= 15 is 0 Å². The Bertz CT molecular complexity index is 1210. The zero-order chi connectivity index (χ0) is 31.4. The highest BCUT2D eigenvalue weighted by molar-refractivity contribution is 7.89. The molecule has 0 spiro atoms. The summed E-state index contributed by atoms with van der Waals surface area (Å²) in [4.78, 5) is 13.0. The van der Waals surface area contributed by atoms with Gasteiger partial charge in [0.15, 0.2) is 6.29 Å². The van der Waals surface area contributed by atoms with E-state index in [0.29, 0.717) is 18.7 Å². The first-order chi connectivity index (χ1) is 20.5. The molecule has 1 amide bonds. The minimum atomic E-state index is -3.93. The van der Waals surface area contributed by atoms with Crippen LogP contribution in [0.4, 0.5) is 10.5 Å². The number of hydrogen-bond acceptors (Lipinski definition) is 10. The van der Waals surface area contributed by atoms with E-state index in [1.807, 2.05) is 44.2 Å². The number of aliphatic hydroxyl groups is 3. The number of benzene rings is 2. The van der Waals surface area contributed by atoms with Gasteiger partial charge in [0.2, 0.25) is 10.0 Å². The van der Waals surface area contributed by atoms with Gasteiger partial charge in [-0.05, 0) is 55.0 Å². The lowest BCUT2D eigenvalue weighted by Crippen LogP contribution is -2.51. The maximum atomic E-state index is 13.5. The third kappa shape index (κ3) is 10.4. The van der Waals surface area contributed by atoms with E-state index in [4.69, 9.17) is 30.2 Å². The summed E-state index contributed by atoms with van der Waals surface area (Å²) in [5.41, 5.74) is 7.07. The summed E-state index contributed by atoms with van der Waals surface area (Å²) in [6.45, 7) is 4.77. The number of rotatable bonds is 13. The Morgan fingerprint density at radius 3 is 2.35 bits per heavy atom. The van der Waals surface area contributed by atoms with Gasteiger partial charge in [-0.1, -0.05) is 44.2 Å². The minimum absolute atomic E-state index is 0.000183. The van der Waals surface area contributed by atoms with Gasteiger partial charge in [-0.3, -0.25) is 0 Å². The lowest BCUT2D eigenvalue weighted by atomic mass is 10.0. The molecule has 2 heterocycles. The van der Waals surface area contributed by atoms with Crippen LogP contribution in [0.2, 0.25) is 0 Å². The SMILES string of the molecule is CC(C)CN(C[C@@H](O)[C@H](Cc1ccccc1)NC(=O)O[C@H]1CO[C@H]2OCC[C@H]21)S(=O)(=O)c1ccc(N)cc1.OCCCO. The van der Waals surface area contributed by atoms with Crippen LogP contribution in [0, 0.1) is 11.8 Å². The fraction of sp³-hybridized carbons (Fsp3) is 0.567. The van der Waals surface area contributed by atoms with E-state index in [1.54, 1.807) is 0 Å². The highest BCUT2D eigenvalue weighted by atomic mass is 32.2. The molecule has 240 valence electrons. The summed E-state index contributed by atoms with van der Waals surface area (Å²) in [6.07, 6.45) is -1.19. The molecule has 2 aromatic rings. The molecule has 2 aliphatic rings. The van der Waals surface area contributed by atoms with Gasteiger partial charge in [0.1, 0.15) is 6.10 Å². The zero-order valence-electron chi connectivity index (χ0n) is 24.7. The summed E-state index contributed by atoms with van der Waals surface area (Å²) >= 11 is 0. The van der Waals surface area contributed by atoms with Gasteiger partial charge in [0, 0.05) is 32.0 Å². The molecule has 43 heavy (non-hydrogen) atoms. The fourth-order valence-electron chi connectivity index (χ4n) is 4.90. The van der Waals surface area contributed by atoms with E-state index in [-0.39, 0.29) is 62.4 Å². The summed E-state index contributed by atoms with van der Waals surface area (Å²) in [6, 6.07) is 14.5. The van der Waals surface area contributed by atoms with Crippen LogP contribution < -0.4 is 11.1 Å². The standard InChI is InChI=1S/C27H37N3O7S.C3H8O2/c1-18(2)15-30(38(33,34)21-10-8-20(28)9-11-21)16-24(31)23(14-19-6-4-3-5-7-19)29-27(32)37-25-17-36-26-22(25)12-13-35-26;4-2-1-3-5/h3-11,18,22-26,31H,12-17,28H2,1-2H3,(H,29,32);4-5H,1-3H2/t22-,23-,24+,25-,26+;/m0./s1. The van der Waals surface area contributed by atoms with Gasteiger partial charge >= 0.3 is 6.09 Å². The third-order valence-electron chi connectivity index (χ3n) is 7.10. The van der Waals surface area contributed by atoms with Crippen molar-refractivity contribution in [3.8, 4) is 0 Å². The van der Waals surface area contributed by atoms with Gasteiger partial charge in [-0.15, -0.1) is 0 Å². The minimum Gasteiger partial charge on any atom is -0.443 e. The molecule has 6 N–H and O–H groups in total. The van der Waals surface area contributed by atoms with Gasteiger partial charge in [-0.25, -0.2) is 13.2 Å². The second-order valence-electron chi connectivity index (χ2n) is 11.1. The Morgan fingerprint density at radius 2 is 1.74 bits per heavy atom. The number of hydrogen-bond donors (Lipinski definition) is 5. The predicted octanol–water partition coefficient (Wildman–Crippen LogP) is 1.74. The zero-order valence-corrected chi connectivity index (χ0v) is 25.6. The number of amides is 1. The molecule has 0 radical (unpaired) electrons. The van der Waals surface area contributed by atoms with Crippen LogP contribution in [-0.2, 0) is 30.7 Å². The first kappa shape index (κ1) is 34.7. The number of carbonyl (C=O) groups is 1. The van der Waals surface area contributed by atoms with E-state index in [0.717, 1.165) is 12.0 Å². The molecule has 2 saturated heterocycles. The fourth-order valence-corrected chi connectivity index (χ4v) is 6.52. The summed E-state index contributed by atoms with van der Waals surface area (Å²) in [7, 11) is -3.93. The van der Waals surface area contributed by atoms with Crippen LogP contribution in [0.3, 0.4) is 0 Å². The number of sulfonamides is 1. The molecular weight excluding hydrogens is 578 g/mol. The normalized spacial score (nSPS) is 21.1. The maximum absolute atomic E-state index is 13.5. The average molecular weight is 624 g/mol. The van der Waals surface area contributed by atoms with Crippen LogP contribution in [0.1, 0.15) is 32.3 Å². The Balaban J connectivity index is 0.000000934. The average Bonchev–Trinajstić information content (AvgIpc) is 3.59. The Labute approximate surface area is 253 Å². The number of aliphatic hydroxyl groups excluding tert-OH is 3. The summed E-state index contributed by atoms with van der Waals surface area (Å²) in [5.74, 6) is -0.0231. The van der Waals surface area contributed by atoms with E-state index < -0.39 is 34.4 Å². The molecular formula is C30H45N3O9S. The molecule has 0 aromatic heterocycles. The van der Waals surface area contributed by atoms with Crippen molar-refractivity contribution in [2.75, 3.05) is 45.3 Å². The van der Waals surface area contributed by atoms with Gasteiger partial charge < -0.3 is 40.6 Å². The van der Waals surface area contributed by atoms with Crippen LogP contribution in [0.25, 0.3) is 0 Å². The molecule has 12 nitrogen and oxygen atoms in total. The lowest BCUT2D eigenvalue weighted by Gasteiger charge is -2.31. The smallest absolute Gasteiger partial charge is 0.407 e. The number of carbonyl (C=O) groups excluding carboxylic acids is 1. The Hall–Kier alpha value is -2.78. The van der Waals surface area contributed by atoms with Crippen molar-refractivity contribution in [2.45, 2.75) is 62.5 Å². The summed E-state index contributed by atoms with van der Waals surface area (Å²) < 4.78 is 44.9. The monoisotopic (exact) mass is 623 g/mol. The molecule has 0 aliphatic carbocycles. The highest BCUT2D eigenvalue weighted by Crippen LogP contribution is 2.33. The first-order valence-electron chi connectivity index (χ1n) is 14.5. The van der Waals surface area contributed by atoms with Crippen molar-refractivity contribution >= 4 is 21.8 Å². The van der Waals surface area contributed by atoms with Gasteiger partial charge in [0.25, 0.3) is 0 Å². The third-order valence-corrected chi connectivity index (χ3v) is 8.95. The Morgan fingerprint density at radius 1 is 1.07 bits per heavy atom. The van der Waals surface area contributed by atoms with Crippen molar-refractivity contribution in [2.24, 2.45) is 11.8 Å². The van der Waals surface area contributed by atoms with Crippen LogP contribution in [0.15, 0.2) is 59.5 Å². The molecule has 13 heteroatoms. The quantitative estimate of drug-likeness (QED) is 0.206. The predicted molar refractivity (Wildman–Crippen MR) is 160 cm³/mol. The van der Waals surface area contributed by atoms with Crippen molar-refractivity contribution in [1.29, 1.82) is 0 Å². The number of alkyl carbamates (subject to hydrolysis) is 1. The summed E-state index contributed by atoms with van der Waals surface area (Å²) in [5, 5.41) is 29.9. The van der Waals surface area contributed by atoms with E-state index in [1.165, 1.54) is 28.6 Å². The van der Waals surface area contributed by atoms with Crippen molar-refractivity contribution in [1.82, 2.24) is 9.62 Å². The van der Waals surface area contributed by atoms with Gasteiger partial charge in [-0.2, -0.15) is 4.31 Å². The van der Waals surface area contributed by atoms with Crippen molar-refractivity contribution in [3.05, 3.63) is 60.2 Å². The second-order valence-corrected chi connectivity index (χ2v) is 13.0. The van der Waals surface area contributed by atoms with Crippen LogP contribution >= 0.6 is 0 Å². The maximum Gasteiger partial charge on any atom is 0.407 e. The topological polar surface area (TPSA) is 181 Å². The van der Waals surface area contributed by atoms with Crippen LogP contribution in [-0.4, -0.2) is 98.2 Å². The van der Waals surface area contributed by atoms with Crippen molar-refractivity contribution < 1.29 is 42.7 Å². The first-order valence-corrected chi connectivity index (χ1v) is 16.0. The second kappa shape index (κ2) is 16.9.